The summed E-state index contributed by atoms with van der Waals surface area (Å²) in [5, 5.41) is 0. The normalized spacial score (nSPS) is 26.8. The lowest BCUT2D eigenvalue weighted by Gasteiger charge is -2.26. The number of likely N-dealkylation sites (tertiary alicyclic amines) is 1. The molecule has 0 amide bonds. The van der Waals surface area contributed by atoms with Crippen LogP contribution in [0.25, 0.3) is 0 Å². The van der Waals surface area contributed by atoms with E-state index in [9.17, 15) is 0 Å². The van der Waals surface area contributed by atoms with Crippen LogP contribution in [0.15, 0.2) is 23.2 Å². The van der Waals surface area contributed by atoms with Gasteiger partial charge in [0.1, 0.15) is 17.9 Å². The van der Waals surface area contributed by atoms with E-state index in [4.69, 9.17) is 4.42 Å². The van der Waals surface area contributed by atoms with Gasteiger partial charge in [-0.15, -0.1) is 0 Å². The van der Waals surface area contributed by atoms with E-state index in [2.05, 4.69) is 30.8 Å². The van der Waals surface area contributed by atoms with E-state index in [1.165, 1.54) is 25.0 Å². The lowest BCUT2D eigenvalue weighted by atomic mass is 9.83. The molecule has 132 valence electrons. The zero-order valence-electron chi connectivity index (χ0n) is 14.8. The number of oxazole rings is 1. The molecule has 0 N–H and O–H groups in total. The number of nitrogens with zero attached hydrogens (tertiary/aromatic N) is 5. The van der Waals surface area contributed by atoms with Crippen LogP contribution in [-0.2, 0) is 6.54 Å². The summed E-state index contributed by atoms with van der Waals surface area (Å²) in [5.74, 6) is 4.21. The van der Waals surface area contributed by atoms with Gasteiger partial charge in [0.2, 0.25) is 0 Å². The van der Waals surface area contributed by atoms with Crippen LogP contribution in [-0.4, -0.2) is 46.0 Å². The predicted octanol–water partition coefficient (Wildman–Crippen LogP) is 2.61. The predicted molar refractivity (Wildman–Crippen MR) is 94.3 cm³/mol. The molecule has 6 nitrogen and oxygen atoms in total. The lowest BCUT2D eigenvalue weighted by molar-refractivity contribution is 0.303. The van der Waals surface area contributed by atoms with Crippen LogP contribution in [0.5, 0.6) is 0 Å². The minimum absolute atomic E-state index is 0.671. The van der Waals surface area contributed by atoms with Gasteiger partial charge >= 0.3 is 0 Å². The maximum Gasteiger partial charge on any atom is 0.181 e. The average molecular weight is 339 g/mol. The molecule has 3 aliphatic rings. The standard InChI is InChI=1S/C19H25N5O/c1-13-18(22-12-25-13)10-23-6-15-8-24(9-16(15)7-23)19-5-17(20-11-21-19)14-3-2-4-14/h5,11-12,14-16H,2-4,6-10H2,1H3. The molecule has 1 aliphatic carbocycles. The van der Waals surface area contributed by atoms with Crippen molar-refractivity contribution in [3.05, 3.63) is 35.9 Å². The fourth-order valence-electron chi connectivity index (χ4n) is 4.56. The summed E-state index contributed by atoms with van der Waals surface area (Å²) in [6.07, 6.45) is 7.24. The summed E-state index contributed by atoms with van der Waals surface area (Å²) in [4.78, 5) is 18.4. The van der Waals surface area contributed by atoms with Crippen molar-refractivity contribution in [3.63, 3.8) is 0 Å². The molecule has 2 aliphatic heterocycles. The highest BCUT2D eigenvalue weighted by molar-refractivity contribution is 5.42. The molecule has 6 heteroatoms. The van der Waals surface area contributed by atoms with E-state index in [1.807, 2.05) is 6.92 Å². The monoisotopic (exact) mass is 339 g/mol. The quantitative estimate of drug-likeness (QED) is 0.853. The van der Waals surface area contributed by atoms with Gasteiger partial charge in [0.05, 0.1) is 5.69 Å². The molecule has 2 aromatic rings. The SMILES string of the molecule is Cc1ocnc1CN1CC2CN(c3cc(C4CCC4)ncn3)CC2C1. The molecule has 3 fully saturated rings. The van der Waals surface area contributed by atoms with Crippen molar-refractivity contribution >= 4 is 5.82 Å². The Bertz CT molecular complexity index is 742. The van der Waals surface area contributed by atoms with Crippen molar-refractivity contribution < 1.29 is 4.42 Å². The van der Waals surface area contributed by atoms with Gasteiger partial charge in [-0.3, -0.25) is 4.90 Å². The molecule has 0 spiro atoms. The minimum Gasteiger partial charge on any atom is -0.448 e. The Morgan fingerprint density at radius 1 is 1.08 bits per heavy atom. The summed E-state index contributed by atoms with van der Waals surface area (Å²) in [6, 6.07) is 2.24. The van der Waals surface area contributed by atoms with Gasteiger partial charge in [-0.05, 0) is 31.6 Å². The molecule has 0 aromatic carbocycles. The van der Waals surface area contributed by atoms with Gasteiger partial charge in [-0.25, -0.2) is 15.0 Å². The topological polar surface area (TPSA) is 58.3 Å². The van der Waals surface area contributed by atoms with Gasteiger partial charge in [-0.1, -0.05) is 6.42 Å². The molecule has 5 rings (SSSR count). The zero-order valence-corrected chi connectivity index (χ0v) is 14.8. The molecule has 4 heterocycles. The van der Waals surface area contributed by atoms with Crippen molar-refractivity contribution in [1.82, 2.24) is 19.9 Å². The van der Waals surface area contributed by atoms with Crippen molar-refractivity contribution in [2.45, 2.75) is 38.6 Å². The van der Waals surface area contributed by atoms with Gasteiger partial charge in [0.15, 0.2) is 6.39 Å². The van der Waals surface area contributed by atoms with Crippen LogP contribution in [0, 0.1) is 18.8 Å². The van der Waals surface area contributed by atoms with Gasteiger partial charge in [-0.2, -0.15) is 0 Å². The molecule has 1 saturated carbocycles. The maximum atomic E-state index is 5.33. The van der Waals surface area contributed by atoms with E-state index in [0.29, 0.717) is 5.92 Å². The smallest absolute Gasteiger partial charge is 0.181 e. The average Bonchev–Trinajstić information content (AvgIpc) is 3.22. The number of aromatic nitrogens is 3. The van der Waals surface area contributed by atoms with Crippen molar-refractivity contribution in [1.29, 1.82) is 0 Å². The number of hydrogen-bond donors (Lipinski definition) is 0. The maximum absolute atomic E-state index is 5.33. The Morgan fingerprint density at radius 3 is 2.52 bits per heavy atom. The number of rotatable bonds is 4. The Labute approximate surface area is 148 Å². The third-order valence-electron chi connectivity index (χ3n) is 6.30. The largest absolute Gasteiger partial charge is 0.448 e. The highest BCUT2D eigenvalue weighted by Crippen LogP contribution is 2.38. The van der Waals surface area contributed by atoms with Gasteiger partial charge in [0.25, 0.3) is 0 Å². The number of hydrogen-bond acceptors (Lipinski definition) is 6. The Morgan fingerprint density at radius 2 is 1.88 bits per heavy atom. The third kappa shape index (κ3) is 2.82. The lowest BCUT2D eigenvalue weighted by Crippen LogP contribution is -2.29. The first-order valence-corrected chi connectivity index (χ1v) is 9.44. The first kappa shape index (κ1) is 15.3. The van der Waals surface area contributed by atoms with Crippen molar-refractivity contribution in [3.8, 4) is 0 Å². The summed E-state index contributed by atoms with van der Waals surface area (Å²) in [7, 11) is 0. The summed E-state index contributed by atoms with van der Waals surface area (Å²) >= 11 is 0. The van der Waals surface area contributed by atoms with Crippen LogP contribution in [0.2, 0.25) is 0 Å². The third-order valence-corrected chi connectivity index (χ3v) is 6.30. The molecule has 2 aromatic heterocycles. The van der Waals surface area contributed by atoms with Gasteiger partial charge < -0.3 is 9.32 Å². The highest BCUT2D eigenvalue weighted by atomic mass is 16.3. The zero-order chi connectivity index (χ0) is 16.8. The molecule has 2 atom stereocenters. The Kier molecular flexibility index (Phi) is 3.73. The fourth-order valence-corrected chi connectivity index (χ4v) is 4.56. The molecular weight excluding hydrogens is 314 g/mol. The molecule has 2 unspecified atom stereocenters. The van der Waals surface area contributed by atoms with E-state index in [1.54, 1.807) is 12.7 Å². The second-order valence-corrected chi connectivity index (χ2v) is 7.90. The number of anilines is 1. The molecule has 0 bridgehead atoms. The van der Waals surface area contributed by atoms with Crippen LogP contribution in [0.1, 0.15) is 42.3 Å². The van der Waals surface area contributed by atoms with Gasteiger partial charge in [0, 0.05) is 50.4 Å². The number of fused-ring (bicyclic) bond motifs is 1. The first-order chi connectivity index (χ1) is 12.3. The summed E-state index contributed by atoms with van der Waals surface area (Å²) < 4.78 is 5.33. The molecule has 0 radical (unpaired) electrons. The second-order valence-electron chi connectivity index (χ2n) is 7.90. The van der Waals surface area contributed by atoms with Crippen molar-refractivity contribution in [2.24, 2.45) is 11.8 Å². The molecule has 2 saturated heterocycles. The molecule has 25 heavy (non-hydrogen) atoms. The van der Waals surface area contributed by atoms with E-state index in [0.717, 1.165) is 61.8 Å². The van der Waals surface area contributed by atoms with Crippen LogP contribution >= 0.6 is 0 Å². The fraction of sp³-hybridized carbons (Fsp3) is 0.632. The van der Waals surface area contributed by atoms with Crippen LogP contribution in [0.4, 0.5) is 5.82 Å². The van der Waals surface area contributed by atoms with Crippen molar-refractivity contribution in [2.75, 3.05) is 31.1 Å². The van der Waals surface area contributed by atoms with Crippen LogP contribution < -0.4 is 4.90 Å². The minimum atomic E-state index is 0.671. The van der Waals surface area contributed by atoms with E-state index in [-0.39, 0.29) is 0 Å². The second kappa shape index (κ2) is 6.09. The highest BCUT2D eigenvalue weighted by Gasteiger charge is 2.40. The summed E-state index contributed by atoms with van der Waals surface area (Å²) in [5.41, 5.74) is 2.33. The van der Waals surface area contributed by atoms with E-state index >= 15 is 0 Å². The summed E-state index contributed by atoms with van der Waals surface area (Å²) in [6.45, 7) is 7.42. The Balaban J connectivity index is 1.23. The van der Waals surface area contributed by atoms with Crippen LogP contribution in [0.3, 0.4) is 0 Å². The first-order valence-electron chi connectivity index (χ1n) is 9.44. The molecular formula is C19H25N5O. The Hall–Kier alpha value is -1.95. The van der Waals surface area contributed by atoms with E-state index < -0.39 is 0 Å². The number of aryl methyl sites for hydroxylation is 1.